The minimum atomic E-state index is 0. The van der Waals surface area contributed by atoms with Crippen LogP contribution < -0.4 is 0 Å². The lowest BCUT2D eigenvalue weighted by molar-refractivity contribution is 0.659. The number of hydrogen-bond acceptors (Lipinski definition) is 0. The van der Waals surface area contributed by atoms with Gasteiger partial charge < -0.3 is 0 Å². The fourth-order valence-corrected chi connectivity index (χ4v) is 1.13. The summed E-state index contributed by atoms with van der Waals surface area (Å²) in [6.45, 7) is 11.1. The molecular weight excluding hydrogens is 168 g/mol. The lowest BCUT2D eigenvalue weighted by Crippen LogP contribution is -1.84. The Balaban J connectivity index is 0. The molecule has 0 bridgehead atoms. The van der Waals surface area contributed by atoms with Crippen molar-refractivity contribution < 1.29 is 0 Å². The second-order valence-corrected chi connectivity index (χ2v) is 4.50. The Labute approximate surface area is 91.1 Å². The van der Waals surface area contributed by atoms with E-state index < -0.39 is 0 Å². The predicted octanol–water partition coefficient (Wildman–Crippen LogP) is 5.36. The lowest BCUT2D eigenvalue weighted by atomic mass is 10.1. The highest BCUT2D eigenvalue weighted by Crippen LogP contribution is 2.10. The van der Waals surface area contributed by atoms with Gasteiger partial charge >= 0.3 is 0 Å². The van der Waals surface area contributed by atoms with Crippen molar-refractivity contribution in [3.05, 3.63) is 23.3 Å². The summed E-state index contributed by atoms with van der Waals surface area (Å²) >= 11 is 0. The zero-order valence-electron chi connectivity index (χ0n) is 9.85. The van der Waals surface area contributed by atoms with Gasteiger partial charge in [0.15, 0.2) is 0 Å². The van der Waals surface area contributed by atoms with Gasteiger partial charge in [-0.1, -0.05) is 44.6 Å². The molecule has 0 unspecified atom stereocenters. The first-order chi connectivity index (χ1) is 6.02. The Bertz CT molecular complexity index is 178. The van der Waals surface area contributed by atoms with E-state index in [1.807, 2.05) is 0 Å². The Kier molecular flexibility index (Phi) is 10.3. The van der Waals surface area contributed by atoms with Gasteiger partial charge in [-0.05, 0) is 46.0 Å². The summed E-state index contributed by atoms with van der Waals surface area (Å²) in [6, 6.07) is 0. The van der Waals surface area contributed by atoms with Crippen molar-refractivity contribution in [1.82, 2.24) is 0 Å². The normalized spacial score (nSPS) is 11.1. The van der Waals surface area contributed by atoms with Crippen LogP contribution in [0.2, 0.25) is 0 Å². The van der Waals surface area contributed by atoms with Gasteiger partial charge in [0.2, 0.25) is 0 Å². The topological polar surface area (TPSA) is 0 Å². The van der Waals surface area contributed by atoms with E-state index in [-0.39, 0.29) is 7.43 Å². The SMILES string of the molecule is C.CC(C)=CCC/C(C)=C/CC(C)C. The van der Waals surface area contributed by atoms with Gasteiger partial charge in [-0.15, -0.1) is 0 Å². The molecule has 0 fully saturated rings. The minimum Gasteiger partial charge on any atom is -0.0856 e. The highest BCUT2D eigenvalue weighted by Gasteiger charge is 1.91. The number of rotatable bonds is 5. The van der Waals surface area contributed by atoms with Crippen LogP contribution in [0.25, 0.3) is 0 Å². The molecule has 0 heteroatoms. The fraction of sp³-hybridized carbons (Fsp3) is 0.714. The molecule has 0 amide bonds. The van der Waals surface area contributed by atoms with Crippen LogP contribution in [0.15, 0.2) is 23.3 Å². The molecule has 0 aromatic rings. The van der Waals surface area contributed by atoms with Crippen LogP contribution >= 0.6 is 0 Å². The summed E-state index contributed by atoms with van der Waals surface area (Å²) in [5.74, 6) is 0.790. The first-order valence-electron chi connectivity index (χ1n) is 5.31. The molecule has 0 aliphatic rings. The maximum atomic E-state index is 2.38. The van der Waals surface area contributed by atoms with Crippen molar-refractivity contribution in [3.63, 3.8) is 0 Å². The van der Waals surface area contributed by atoms with Crippen LogP contribution in [0.4, 0.5) is 0 Å². The van der Waals surface area contributed by atoms with E-state index in [2.05, 4.69) is 46.8 Å². The third kappa shape index (κ3) is 11.5. The molecule has 0 nitrogen and oxygen atoms in total. The molecule has 14 heavy (non-hydrogen) atoms. The van der Waals surface area contributed by atoms with E-state index in [1.165, 1.54) is 30.4 Å². The molecule has 0 aromatic heterocycles. The third-order valence-electron chi connectivity index (χ3n) is 2.03. The predicted molar refractivity (Wildman–Crippen MR) is 68.6 cm³/mol. The first-order valence-corrected chi connectivity index (χ1v) is 5.31. The van der Waals surface area contributed by atoms with Crippen molar-refractivity contribution in [2.45, 2.75) is 61.3 Å². The van der Waals surface area contributed by atoms with E-state index in [1.54, 1.807) is 0 Å². The average Bonchev–Trinajstić information content (AvgIpc) is 2.00. The minimum absolute atomic E-state index is 0. The molecule has 0 aliphatic heterocycles. The molecule has 0 saturated heterocycles. The van der Waals surface area contributed by atoms with Crippen molar-refractivity contribution in [1.29, 1.82) is 0 Å². The van der Waals surface area contributed by atoms with Crippen LogP contribution in [0.1, 0.15) is 61.3 Å². The van der Waals surface area contributed by atoms with E-state index in [0.717, 1.165) is 5.92 Å². The second kappa shape index (κ2) is 9.05. The smallest absolute Gasteiger partial charge is 0.0288 e. The molecule has 0 heterocycles. The monoisotopic (exact) mass is 196 g/mol. The van der Waals surface area contributed by atoms with Crippen molar-refractivity contribution in [2.75, 3.05) is 0 Å². The van der Waals surface area contributed by atoms with E-state index in [4.69, 9.17) is 0 Å². The molecule has 0 rings (SSSR count). The van der Waals surface area contributed by atoms with Gasteiger partial charge in [0, 0.05) is 0 Å². The average molecular weight is 196 g/mol. The molecule has 0 aliphatic carbocycles. The third-order valence-corrected chi connectivity index (χ3v) is 2.03. The Morgan fingerprint density at radius 3 is 2.07 bits per heavy atom. The Morgan fingerprint density at radius 1 is 1.07 bits per heavy atom. The number of allylic oxidation sites excluding steroid dienone is 4. The molecule has 84 valence electrons. The fourth-order valence-electron chi connectivity index (χ4n) is 1.13. The van der Waals surface area contributed by atoms with Crippen LogP contribution in [0.3, 0.4) is 0 Å². The standard InChI is InChI=1S/C13H24.CH4/c1-11(2)7-6-8-13(5)10-9-12(3)4;/h7,10,12H,6,8-9H2,1-5H3;1H4/b13-10+;. The lowest BCUT2D eigenvalue weighted by Gasteiger charge is -2.01. The van der Waals surface area contributed by atoms with E-state index in [0.29, 0.717) is 0 Å². The van der Waals surface area contributed by atoms with E-state index in [9.17, 15) is 0 Å². The molecule has 0 atom stereocenters. The van der Waals surface area contributed by atoms with Crippen LogP contribution in [0.5, 0.6) is 0 Å². The maximum absolute atomic E-state index is 2.38. The van der Waals surface area contributed by atoms with Gasteiger partial charge in [0.25, 0.3) is 0 Å². The van der Waals surface area contributed by atoms with Crippen LogP contribution in [-0.2, 0) is 0 Å². The molecule has 0 aromatic carbocycles. The summed E-state index contributed by atoms with van der Waals surface area (Å²) in [6.07, 6.45) is 8.33. The van der Waals surface area contributed by atoms with Gasteiger partial charge in [0.1, 0.15) is 0 Å². The van der Waals surface area contributed by atoms with Crippen molar-refractivity contribution in [3.8, 4) is 0 Å². The quantitative estimate of drug-likeness (QED) is 0.519. The van der Waals surface area contributed by atoms with Crippen molar-refractivity contribution in [2.24, 2.45) is 5.92 Å². The summed E-state index contributed by atoms with van der Waals surface area (Å²) in [5.41, 5.74) is 2.96. The molecular formula is C14H28. The largest absolute Gasteiger partial charge is 0.0856 e. The van der Waals surface area contributed by atoms with Gasteiger partial charge in [0.05, 0.1) is 0 Å². The van der Waals surface area contributed by atoms with Gasteiger partial charge in [-0.2, -0.15) is 0 Å². The molecule has 0 radical (unpaired) electrons. The highest BCUT2D eigenvalue weighted by molar-refractivity contribution is 5.02. The summed E-state index contributed by atoms with van der Waals surface area (Å²) in [7, 11) is 0. The summed E-state index contributed by atoms with van der Waals surface area (Å²) in [5, 5.41) is 0. The number of hydrogen-bond donors (Lipinski definition) is 0. The zero-order valence-corrected chi connectivity index (χ0v) is 9.85. The summed E-state index contributed by atoms with van der Waals surface area (Å²) in [4.78, 5) is 0. The highest BCUT2D eigenvalue weighted by atomic mass is 14.0. The zero-order chi connectivity index (χ0) is 10.3. The first kappa shape index (κ1) is 15.9. The van der Waals surface area contributed by atoms with Crippen molar-refractivity contribution >= 4 is 0 Å². The van der Waals surface area contributed by atoms with Crippen LogP contribution in [-0.4, -0.2) is 0 Å². The maximum Gasteiger partial charge on any atom is -0.0288 e. The van der Waals surface area contributed by atoms with Gasteiger partial charge in [-0.3, -0.25) is 0 Å². The summed E-state index contributed by atoms with van der Waals surface area (Å²) < 4.78 is 0. The van der Waals surface area contributed by atoms with E-state index >= 15 is 0 Å². The Hall–Kier alpha value is -0.520. The van der Waals surface area contributed by atoms with Crippen LogP contribution in [0, 0.1) is 5.92 Å². The van der Waals surface area contributed by atoms with Gasteiger partial charge in [-0.25, -0.2) is 0 Å². The Morgan fingerprint density at radius 2 is 1.64 bits per heavy atom. The molecule has 0 saturated carbocycles. The molecule has 0 spiro atoms. The second-order valence-electron chi connectivity index (χ2n) is 4.50. The molecule has 0 N–H and O–H groups in total.